The van der Waals surface area contributed by atoms with Gasteiger partial charge >= 0.3 is 5.97 Å². The molecule has 2 aliphatic heterocycles. The van der Waals surface area contributed by atoms with E-state index in [2.05, 4.69) is 6.58 Å². The Morgan fingerprint density at radius 3 is 2.90 bits per heavy atom. The normalized spacial score (nSPS) is 31.9. The summed E-state index contributed by atoms with van der Waals surface area (Å²) in [6.45, 7) is 5.18. The van der Waals surface area contributed by atoms with Crippen LogP contribution in [-0.4, -0.2) is 71.4 Å². The van der Waals surface area contributed by atoms with E-state index in [-0.39, 0.29) is 31.4 Å². The van der Waals surface area contributed by atoms with Crippen LogP contribution in [0.2, 0.25) is 0 Å². The van der Waals surface area contributed by atoms with E-state index < -0.39 is 30.5 Å². The summed E-state index contributed by atoms with van der Waals surface area (Å²) in [6, 6.07) is -0.208. The Hall–Kier alpha value is -1.64. The van der Waals surface area contributed by atoms with Gasteiger partial charge < -0.3 is 24.4 Å². The summed E-state index contributed by atoms with van der Waals surface area (Å²) >= 11 is 0. The fraction of sp³-hybridized carbons (Fsp3) is 0.667. The average molecular weight is 286 g/mol. The molecule has 0 radical (unpaired) electrons. The van der Waals surface area contributed by atoms with Crippen molar-refractivity contribution in [3.05, 3.63) is 12.2 Å². The lowest BCUT2D eigenvalue weighted by atomic mass is 10.1. The standard InChI is InChI=1S/C12H18N2O6/c1-3-18-11(17)6(2)4-14-10-9(20-12(14)13)8(16)7(5-15)19-10/h7-10,13,15-16H,2-5H2,1H3/t7-,8-,9-,10+/m1/s1. The van der Waals surface area contributed by atoms with Crippen molar-refractivity contribution in [1.29, 1.82) is 5.41 Å². The van der Waals surface area contributed by atoms with Crippen LogP contribution >= 0.6 is 0 Å². The third-order valence-electron chi connectivity index (χ3n) is 3.23. The second kappa shape index (κ2) is 5.78. The molecule has 20 heavy (non-hydrogen) atoms. The zero-order chi connectivity index (χ0) is 14.9. The van der Waals surface area contributed by atoms with Gasteiger partial charge in [0.25, 0.3) is 6.02 Å². The van der Waals surface area contributed by atoms with Gasteiger partial charge in [-0.25, -0.2) is 4.79 Å². The summed E-state index contributed by atoms with van der Waals surface area (Å²) in [5, 5.41) is 26.7. The Morgan fingerprint density at radius 2 is 2.30 bits per heavy atom. The number of hydrogen-bond acceptors (Lipinski definition) is 7. The molecule has 2 saturated heterocycles. The fourth-order valence-corrected chi connectivity index (χ4v) is 2.22. The molecule has 112 valence electrons. The van der Waals surface area contributed by atoms with E-state index >= 15 is 0 Å². The monoisotopic (exact) mass is 286 g/mol. The van der Waals surface area contributed by atoms with E-state index in [4.69, 9.17) is 24.7 Å². The first-order chi connectivity index (χ1) is 9.49. The second-order valence-electron chi connectivity index (χ2n) is 4.58. The molecule has 4 atom stereocenters. The number of esters is 1. The van der Waals surface area contributed by atoms with Gasteiger partial charge in [0.15, 0.2) is 12.3 Å². The number of hydrogen-bond donors (Lipinski definition) is 3. The maximum Gasteiger partial charge on any atom is 0.335 e. The first-order valence-electron chi connectivity index (χ1n) is 6.30. The molecular formula is C12H18N2O6. The third-order valence-corrected chi connectivity index (χ3v) is 3.23. The van der Waals surface area contributed by atoms with Crippen LogP contribution < -0.4 is 0 Å². The number of nitrogens with zero attached hydrogens (tertiary/aromatic N) is 1. The van der Waals surface area contributed by atoms with Crippen LogP contribution in [0.4, 0.5) is 0 Å². The lowest BCUT2D eigenvalue weighted by Crippen LogP contribution is -2.39. The van der Waals surface area contributed by atoms with Gasteiger partial charge in [0, 0.05) is 5.57 Å². The number of amidine groups is 1. The van der Waals surface area contributed by atoms with E-state index in [1.54, 1.807) is 6.92 Å². The summed E-state index contributed by atoms with van der Waals surface area (Å²) < 4.78 is 15.5. The van der Waals surface area contributed by atoms with Crippen LogP contribution in [-0.2, 0) is 19.0 Å². The molecule has 2 aliphatic rings. The molecular weight excluding hydrogens is 268 g/mol. The largest absolute Gasteiger partial charge is 0.463 e. The quantitative estimate of drug-likeness (QED) is 0.430. The summed E-state index contributed by atoms with van der Waals surface area (Å²) in [7, 11) is 0. The predicted octanol–water partition coefficient (Wildman–Crippen LogP) is -1.18. The van der Waals surface area contributed by atoms with E-state index in [9.17, 15) is 9.90 Å². The van der Waals surface area contributed by atoms with Crippen molar-refractivity contribution >= 4 is 12.0 Å². The molecule has 0 bridgehead atoms. The Bertz CT molecular complexity index is 426. The number of fused-ring (bicyclic) bond motifs is 1. The number of ether oxygens (including phenoxy) is 3. The van der Waals surface area contributed by atoms with Crippen LogP contribution in [0, 0.1) is 5.41 Å². The number of aliphatic hydroxyl groups excluding tert-OH is 2. The zero-order valence-corrected chi connectivity index (χ0v) is 11.1. The number of carbonyl (C=O) groups excluding carboxylic acids is 1. The van der Waals surface area contributed by atoms with Gasteiger partial charge in [-0.15, -0.1) is 0 Å². The van der Waals surface area contributed by atoms with Gasteiger partial charge in [-0.2, -0.15) is 0 Å². The molecule has 8 heteroatoms. The molecule has 0 aromatic carbocycles. The van der Waals surface area contributed by atoms with Crippen LogP contribution in [0.25, 0.3) is 0 Å². The van der Waals surface area contributed by atoms with Crippen molar-refractivity contribution in [2.45, 2.75) is 31.5 Å². The Kier molecular flexibility index (Phi) is 4.26. The third kappa shape index (κ3) is 2.49. The zero-order valence-electron chi connectivity index (χ0n) is 11.1. The Labute approximate surface area is 116 Å². The van der Waals surface area contributed by atoms with Gasteiger partial charge in [-0.05, 0) is 6.92 Å². The van der Waals surface area contributed by atoms with E-state index in [0.717, 1.165) is 0 Å². The highest BCUT2D eigenvalue weighted by atomic mass is 16.6. The first-order valence-corrected chi connectivity index (χ1v) is 6.30. The Morgan fingerprint density at radius 1 is 1.60 bits per heavy atom. The van der Waals surface area contributed by atoms with Crippen LogP contribution in [0.1, 0.15) is 6.92 Å². The number of rotatable bonds is 5. The van der Waals surface area contributed by atoms with Gasteiger partial charge in [0.2, 0.25) is 0 Å². The molecule has 0 aromatic heterocycles. The molecule has 0 unspecified atom stereocenters. The van der Waals surface area contributed by atoms with Gasteiger partial charge in [0.1, 0.15) is 12.2 Å². The summed E-state index contributed by atoms with van der Waals surface area (Å²) in [6.07, 6.45) is -3.27. The van der Waals surface area contributed by atoms with Crippen molar-refractivity contribution < 1.29 is 29.2 Å². The van der Waals surface area contributed by atoms with Crippen molar-refractivity contribution in [2.24, 2.45) is 0 Å². The lowest BCUT2D eigenvalue weighted by molar-refractivity contribution is -0.138. The summed E-state index contributed by atoms with van der Waals surface area (Å²) in [5.41, 5.74) is 0.159. The smallest absolute Gasteiger partial charge is 0.335 e. The molecule has 8 nitrogen and oxygen atoms in total. The minimum Gasteiger partial charge on any atom is -0.463 e. The summed E-state index contributed by atoms with van der Waals surface area (Å²) in [4.78, 5) is 12.9. The van der Waals surface area contributed by atoms with Crippen LogP contribution in [0.3, 0.4) is 0 Å². The van der Waals surface area contributed by atoms with Crippen LogP contribution in [0.15, 0.2) is 12.2 Å². The van der Waals surface area contributed by atoms with E-state index in [1.165, 1.54) is 4.90 Å². The molecule has 2 heterocycles. The molecule has 0 spiro atoms. The average Bonchev–Trinajstić information content (AvgIpc) is 2.88. The van der Waals surface area contributed by atoms with Crippen molar-refractivity contribution in [1.82, 2.24) is 4.90 Å². The maximum absolute atomic E-state index is 11.5. The number of carbonyl (C=O) groups is 1. The second-order valence-corrected chi connectivity index (χ2v) is 4.58. The topological polar surface area (TPSA) is 112 Å². The molecule has 2 rings (SSSR count). The van der Waals surface area contributed by atoms with Crippen molar-refractivity contribution in [2.75, 3.05) is 19.8 Å². The number of nitrogens with one attached hydrogen (secondary N) is 1. The minimum atomic E-state index is -1.02. The van der Waals surface area contributed by atoms with Gasteiger partial charge in [-0.1, -0.05) is 6.58 Å². The van der Waals surface area contributed by atoms with Gasteiger partial charge in [-0.3, -0.25) is 10.3 Å². The fourth-order valence-electron chi connectivity index (χ4n) is 2.22. The SMILES string of the molecule is C=C(CN1C(=N)O[C@@H]2[C@H](O)[C@@H](CO)O[C@@H]21)C(=O)OCC. The molecule has 2 fully saturated rings. The number of aliphatic hydroxyl groups is 2. The molecule has 3 N–H and O–H groups in total. The van der Waals surface area contributed by atoms with Crippen molar-refractivity contribution in [3.63, 3.8) is 0 Å². The minimum absolute atomic E-state index is 0.00367. The molecule has 0 saturated carbocycles. The van der Waals surface area contributed by atoms with E-state index in [0.29, 0.717) is 0 Å². The molecule has 0 amide bonds. The Balaban J connectivity index is 2.03. The maximum atomic E-state index is 11.5. The van der Waals surface area contributed by atoms with Gasteiger partial charge in [0.05, 0.1) is 19.8 Å². The van der Waals surface area contributed by atoms with Crippen molar-refractivity contribution in [3.8, 4) is 0 Å². The van der Waals surface area contributed by atoms with E-state index in [1.807, 2.05) is 0 Å². The highest BCUT2D eigenvalue weighted by molar-refractivity contribution is 5.89. The molecule has 0 aliphatic carbocycles. The highest BCUT2D eigenvalue weighted by Gasteiger charge is 2.53. The highest BCUT2D eigenvalue weighted by Crippen LogP contribution is 2.32. The lowest BCUT2D eigenvalue weighted by Gasteiger charge is -2.22. The molecule has 0 aromatic rings. The summed E-state index contributed by atoms with van der Waals surface area (Å²) in [5.74, 6) is -0.555. The predicted molar refractivity (Wildman–Crippen MR) is 66.8 cm³/mol. The first kappa shape index (κ1) is 14.8. The van der Waals surface area contributed by atoms with Crippen LogP contribution in [0.5, 0.6) is 0 Å².